The van der Waals surface area contributed by atoms with E-state index in [1.165, 1.54) is 7.11 Å². The highest BCUT2D eigenvalue weighted by Gasteiger charge is 2.21. The van der Waals surface area contributed by atoms with Crippen molar-refractivity contribution in [3.8, 4) is 0 Å². The molecule has 6 nitrogen and oxygen atoms in total. The number of nitrogens with two attached hydrogens (primary N) is 1. The van der Waals surface area contributed by atoms with Crippen LogP contribution in [-0.2, 0) is 14.3 Å². The summed E-state index contributed by atoms with van der Waals surface area (Å²) in [7, 11) is 1.47. The number of methoxy groups -OCH3 is 1. The minimum atomic E-state index is -1.08. The van der Waals surface area contributed by atoms with E-state index in [9.17, 15) is 9.59 Å². The summed E-state index contributed by atoms with van der Waals surface area (Å²) >= 11 is 0. The van der Waals surface area contributed by atoms with Gasteiger partial charge in [-0.1, -0.05) is 6.92 Å². The second-order valence-corrected chi connectivity index (χ2v) is 3.20. The summed E-state index contributed by atoms with van der Waals surface area (Å²) in [5, 5.41) is 11.2. The zero-order valence-corrected chi connectivity index (χ0v) is 9.03. The molecule has 6 heteroatoms. The third-order valence-corrected chi connectivity index (χ3v) is 2.00. The average molecular weight is 218 g/mol. The first-order valence-electron chi connectivity index (χ1n) is 4.80. The lowest BCUT2D eigenvalue weighted by Gasteiger charge is -2.16. The van der Waals surface area contributed by atoms with Crippen LogP contribution in [-0.4, -0.2) is 42.8 Å². The summed E-state index contributed by atoms with van der Waals surface area (Å²) < 4.78 is 4.74. The van der Waals surface area contributed by atoms with Gasteiger partial charge in [-0.2, -0.15) is 0 Å². The van der Waals surface area contributed by atoms with E-state index in [1.807, 2.05) is 0 Å². The Morgan fingerprint density at radius 2 is 2.13 bits per heavy atom. The molecule has 0 radical (unpaired) electrons. The van der Waals surface area contributed by atoms with Crippen LogP contribution in [0.2, 0.25) is 0 Å². The zero-order chi connectivity index (χ0) is 11.8. The summed E-state index contributed by atoms with van der Waals surface area (Å²) in [6.07, 6.45) is 0.705. The second kappa shape index (κ2) is 7.19. The first kappa shape index (κ1) is 13.9. The number of aliphatic carboxylic acids is 1. The van der Waals surface area contributed by atoms with Crippen molar-refractivity contribution in [2.45, 2.75) is 31.8 Å². The average Bonchev–Trinajstić information content (AvgIpc) is 2.22. The van der Waals surface area contributed by atoms with Gasteiger partial charge in [0.25, 0.3) is 0 Å². The highest BCUT2D eigenvalue weighted by molar-refractivity contribution is 5.86. The molecule has 4 N–H and O–H groups in total. The Hall–Kier alpha value is -1.14. The Morgan fingerprint density at radius 3 is 2.53 bits per heavy atom. The molecule has 2 atom stereocenters. The maximum Gasteiger partial charge on any atom is 0.326 e. The minimum Gasteiger partial charge on any atom is -0.480 e. The highest BCUT2D eigenvalue weighted by Crippen LogP contribution is 1.95. The quantitative estimate of drug-likeness (QED) is 0.526. The number of hydrogen-bond acceptors (Lipinski definition) is 4. The molecule has 1 unspecified atom stereocenters. The first-order valence-corrected chi connectivity index (χ1v) is 4.80. The van der Waals surface area contributed by atoms with E-state index in [2.05, 4.69) is 5.32 Å². The molecule has 0 aliphatic rings. The number of nitrogens with one attached hydrogen (secondary N) is 1. The van der Waals surface area contributed by atoms with Gasteiger partial charge in [-0.15, -0.1) is 0 Å². The summed E-state index contributed by atoms with van der Waals surface area (Å²) in [6.45, 7) is 2.04. The number of hydrogen-bond donors (Lipinski definition) is 3. The fraction of sp³-hybridized carbons (Fsp3) is 0.778. The van der Waals surface area contributed by atoms with Gasteiger partial charge >= 0.3 is 5.97 Å². The number of carboxylic acids is 1. The van der Waals surface area contributed by atoms with Crippen LogP contribution in [0.15, 0.2) is 0 Å². The topological polar surface area (TPSA) is 102 Å². The number of carbonyl (C=O) groups excluding carboxylic acids is 1. The maximum atomic E-state index is 11.3. The van der Waals surface area contributed by atoms with Crippen LogP contribution in [0.3, 0.4) is 0 Å². The molecule has 0 spiro atoms. The van der Waals surface area contributed by atoms with Crippen LogP contribution >= 0.6 is 0 Å². The van der Waals surface area contributed by atoms with E-state index >= 15 is 0 Å². The molecule has 15 heavy (non-hydrogen) atoms. The van der Waals surface area contributed by atoms with Crippen molar-refractivity contribution in [1.82, 2.24) is 5.32 Å². The van der Waals surface area contributed by atoms with Crippen molar-refractivity contribution in [3.63, 3.8) is 0 Å². The third kappa shape index (κ3) is 5.34. The summed E-state index contributed by atoms with van der Waals surface area (Å²) in [5.74, 6) is -1.52. The van der Waals surface area contributed by atoms with Gasteiger partial charge in [0, 0.05) is 20.1 Å². The normalized spacial score (nSPS) is 14.3. The van der Waals surface area contributed by atoms with Gasteiger partial charge in [-0.3, -0.25) is 4.79 Å². The zero-order valence-electron chi connectivity index (χ0n) is 9.03. The van der Waals surface area contributed by atoms with E-state index in [0.717, 1.165) is 0 Å². The molecule has 0 aliphatic heterocycles. The highest BCUT2D eigenvalue weighted by atomic mass is 16.5. The van der Waals surface area contributed by atoms with E-state index in [0.29, 0.717) is 6.42 Å². The van der Waals surface area contributed by atoms with Crippen molar-refractivity contribution in [3.05, 3.63) is 0 Å². The minimum absolute atomic E-state index is 0.230. The van der Waals surface area contributed by atoms with Crippen molar-refractivity contribution >= 4 is 11.9 Å². The Labute approximate surface area is 88.8 Å². The SMILES string of the molecule is CC[C@H](N)C(=O)NC(CCOC)C(=O)O. The number of carboxylic acid groups (broad SMARTS) is 1. The molecule has 0 saturated carbocycles. The predicted octanol–water partition coefficient (Wildman–Crippen LogP) is -0.670. The van der Waals surface area contributed by atoms with Crippen LogP contribution < -0.4 is 11.1 Å². The molecular formula is C9H18N2O4. The third-order valence-electron chi connectivity index (χ3n) is 2.00. The van der Waals surface area contributed by atoms with Crippen LogP contribution in [0.1, 0.15) is 19.8 Å². The van der Waals surface area contributed by atoms with Crippen LogP contribution in [0.4, 0.5) is 0 Å². The van der Waals surface area contributed by atoms with Crippen molar-refractivity contribution in [2.75, 3.05) is 13.7 Å². The summed E-state index contributed by atoms with van der Waals surface area (Å²) in [5.41, 5.74) is 5.46. The monoisotopic (exact) mass is 218 g/mol. The van der Waals surface area contributed by atoms with Crippen LogP contribution in [0.25, 0.3) is 0 Å². The van der Waals surface area contributed by atoms with Gasteiger partial charge in [0.15, 0.2) is 0 Å². The summed E-state index contributed by atoms with van der Waals surface area (Å²) in [4.78, 5) is 22.1. The van der Waals surface area contributed by atoms with Gasteiger partial charge in [0.1, 0.15) is 6.04 Å². The molecule has 0 bridgehead atoms. The molecule has 0 fully saturated rings. The lowest BCUT2D eigenvalue weighted by molar-refractivity contribution is -0.142. The molecule has 0 aliphatic carbocycles. The Balaban J connectivity index is 4.16. The number of amides is 1. The largest absolute Gasteiger partial charge is 0.480 e. The predicted molar refractivity (Wildman–Crippen MR) is 54.3 cm³/mol. The number of ether oxygens (including phenoxy) is 1. The number of carbonyl (C=O) groups is 2. The van der Waals surface area contributed by atoms with Gasteiger partial charge in [0.2, 0.25) is 5.91 Å². The molecule has 0 aromatic carbocycles. The van der Waals surface area contributed by atoms with E-state index in [4.69, 9.17) is 15.6 Å². The molecular weight excluding hydrogens is 200 g/mol. The van der Waals surface area contributed by atoms with Gasteiger partial charge in [-0.25, -0.2) is 4.79 Å². The molecule has 0 heterocycles. The van der Waals surface area contributed by atoms with Crippen LogP contribution in [0.5, 0.6) is 0 Å². The molecule has 0 rings (SSSR count). The Bertz CT molecular complexity index is 220. The fourth-order valence-electron chi connectivity index (χ4n) is 0.957. The molecule has 0 saturated heterocycles. The van der Waals surface area contributed by atoms with E-state index in [1.54, 1.807) is 6.92 Å². The van der Waals surface area contributed by atoms with E-state index < -0.39 is 24.0 Å². The van der Waals surface area contributed by atoms with E-state index in [-0.39, 0.29) is 13.0 Å². The summed E-state index contributed by atoms with van der Waals surface area (Å²) in [6, 6.07) is -1.59. The Morgan fingerprint density at radius 1 is 1.53 bits per heavy atom. The lowest BCUT2D eigenvalue weighted by atomic mass is 10.1. The fourth-order valence-corrected chi connectivity index (χ4v) is 0.957. The smallest absolute Gasteiger partial charge is 0.326 e. The van der Waals surface area contributed by atoms with Crippen molar-refractivity contribution in [1.29, 1.82) is 0 Å². The van der Waals surface area contributed by atoms with Crippen molar-refractivity contribution < 1.29 is 19.4 Å². The van der Waals surface area contributed by atoms with Gasteiger partial charge < -0.3 is 20.9 Å². The van der Waals surface area contributed by atoms with Crippen LogP contribution in [0, 0.1) is 0 Å². The van der Waals surface area contributed by atoms with Gasteiger partial charge in [-0.05, 0) is 6.42 Å². The second-order valence-electron chi connectivity index (χ2n) is 3.20. The lowest BCUT2D eigenvalue weighted by Crippen LogP contribution is -2.48. The first-order chi connectivity index (χ1) is 7.02. The molecule has 88 valence electrons. The molecule has 1 amide bonds. The Kier molecular flexibility index (Phi) is 6.64. The standard InChI is InChI=1S/C9H18N2O4/c1-3-6(10)8(12)11-7(9(13)14)4-5-15-2/h6-7H,3-5,10H2,1-2H3,(H,11,12)(H,13,14)/t6-,7?/m0/s1. The maximum absolute atomic E-state index is 11.3. The molecule has 0 aromatic rings. The van der Waals surface area contributed by atoms with Gasteiger partial charge in [0.05, 0.1) is 6.04 Å². The molecule has 0 aromatic heterocycles. The number of rotatable bonds is 7. The van der Waals surface area contributed by atoms with Crippen molar-refractivity contribution in [2.24, 2.45) is 5.73 Å².